The van der Waals surface area contributed by atoms with E-state index in [0.717, 1.165) is 0 Å². The molecule has 1 N–H and O–H groups in total. The van der Waals surface area contributed by atoms with Gasteiger partial charge in [0.1, 0.15) is 0 Å². The van der Waals surface area contributed by atoms with Crippen LogP contribution >= 0.6 is 0 Å². The second kappa shape index (κ2) is 2.87. The fourth-order valence-electron chi connectivity index (χ4n) is 0.924. The van der Waals surface area contributed by atoms with Crippen LogP contribution in [-0.4, -0.2) is 12.2 Å². The van der Waals surface area contributed by atoms with Crippen LogP contribution in [0.1, 0.15) is 13.8 Å². The van der Waals surface area contributed by atoms with Gasteiger partial charge in [-0.1, -0.05) is 12.7 Å². The smallest absolute Gasteiger partial charge is 0.372 e. The topological polar surface area (TPSA) is 12.0 Å². The Morgan fingerprint density at radius 1 is 1.42 bits per heavy atom. The summed E-state index contributed by atoms with van der Waals surface area (Å²) < 4.78 is 36.2. The van der Waals surface area contributed by atoms with Gasteiger partial charge in [0.15, 0.2) is 5.70 Å². The molecule has 0 spiro atoms. The van der Waals surface area contributed by atoms with E-state index >= 15 is 0 Å². The van der Waals surface area contributed by atoms with Gasteiger partial charge in [-0.25, -0.2) is 0 Å². The van der Waals surface area contributed by atoms with E-state index in [4.69, 9.17) is 0 Å². The molecule has 0 amide bonds. The van der Waals surface area contributed by atoms with Crippen molar-refractivity contribution in [2.75, 3.05) is 0 Å². The van der Waals surface area contributed by atoms with Crippen LogP contribution in [0.5, 0.6) is 0 Å². The highest BCUT2D eigenvalue weighted by Gasteiger charge is 2.36. The lowest BCUT2D eigenvalue weighted by Crippen LogP contribution is -2.38. The van der Waals surface area contributed by atoms with E-state index in [2.05, 4.69) is 11.0 Å². The molecule has 4 heteroatoms. The number of halogens is 3. The van der Waals surface area contributed by atoms with E-state index in [-0.39, 0.29) is 12.0 Å². The van der Waals surface area contributed by atoms with Crippen molar-refractivity contribution in [1.29, 1.82) is 0 Å². The highest BCUT2D eigenvalue weighted by Crippen LogP contribution is 2.25. The average Bonchev–Trinajstić information content (AvgIpc) is 1.92. The third-order valence-electron chi connectivity index (χ3n) is 1.93. The van der Waals surface area contributed by atoms with Crippen LogP contribution in [-0.2, 0) is 0 Å². The fourth-order valence-corrected chi connectivity index (χ4v) is 0.924. The number of hydrogen-bond donors (Lipinski definition) is 1. The number of rotatable bonds is 0. The Bertz CT molecular complexity index is 235. The molecule has 1 aliphatic rings. The summed E-state index contributed by atoms with van der Waals surface area (Å²) in [7, 11) is 0. The molecule has 0 fully saturated rings. The van der Waals surface area contributed by atoms with Crippen LogP contribution in [0, 0.1) is 5.92 Å². The predicted octanol–water partition coefficient (Wildman–Crippen LogP) is 2.22. The molecule has 1 aliphatic heterocycles. The number of hydrogen-bond acceptors (Lipinski definition) is 1. The predicted molar refractivity (Wildman–Crippen MR) is 39.4 cm³/mol. The molecule has 1 heterocycles. The van der Waals surface area contributed by atoms with Gasteiger partial charge in [0.2, 0.25) is 0 Å². The summed E-state index contributed by atoms with van der Waals surface area (Å²) in [4.78, 5) is 0. The third kappa shape index (κ3) is 1.83. The quantitative estimate of drug-likeness (QED) is 0.559. The molecule has 2 unspecified atom stereocenters. The van der Waals surface area contributed by atoms with Crippen LogP contribution < -0.4 is 5.32 Å². The van der Waals surface area contributed by atoms with Crippen molar-refractivity contribution in [3.05, 3.63) is 17.5 Å². The molecule has 0 radical (unpaired) electrons. The number of nitrogens with one attached hydrogen (secondary N) is 1. The van der Waals surface area contributed by atoms with Gasteiger partial charge in [-0.15, -0.1) is 0 Å². The first-order valence-corrected chi connectivity index (χ1v) is 3.72. The molecule has 1 rings (SSSR count). The molecule has 68 valence electrons. The highest BCUT2D eigenvalue weighted by molar-refractivity contribution is 5.13. The summed E-state index contributed by atoms with van der Waals surface area (Å²) in [5.41, 5.74) is 1.42. The van der Waals surface area contributed by atoms with Crippen molar-refractivity contribution in [2.45, 2.75) is 26.1 Å². The van der Waals surface area contributed by atoms with Gasteiger partial charge in [0.05, 0.1) is 0 Å². The zero-order chi connectivity index (χ0) is 9.35. The maximum atomic E-state index is 12.1. The van der Waals surface area contributed by atoms with Crippen LogP contribution in [0.15, 0.2) is 17.5 Å². The molecule has 1 nitrogen and oxygen atoms in total. The van der Waals surface area contributed by atoms with E-state index in [0.29, 0.717) is 0 Å². The summed E-state index contributed by atoms with van der Waals surface area (Å²) in [5, 5.41) is 2.36. The Hall–Kier alpha value is -0.890. The van der Waals surface area contributed by atoms with E-state index in [9.17, 15) is 13.2 Å². The van der Waals surface area contributed by atoms with E-state index in [1.54, 1.807) is 6.92 Å². The van der Waals surface area contributed by atoms with Gasteiger partial charge in [0, 0.05) is 12.0 Å². The third-order valence-corrected chi connectivity index (χ3v) is 1.93. The first-order chi connectivity index (χ1) is 5.41. The molecule has 0 bridgehead atoms. The van der Waals surface area contributed by atoms with Gasteiger partial charge >= 0.3 is 6.18 Å². The molecule has 2 atom stereocenters. The number of alkyl halides is 3. The minimum absolute atomic E-state index is 0.0936. The van der Waals surface area contributed by atoms with Crippen molar-refractivity contribution in [2.24, 2.45) is 5.92 Å². The van der Waals surface area contributed by atoms with Crippen molar-refractivity contribution in [3.8, 4) is 0 Å². The molecular weight excluding hydrogens is 167 g/mol. The highest BCUT2D eigenvalue weighted by atomic mass is 19.4. The van der Waals surface area contributed by atoms with Crippen molar-refractivity contribution < 1.29 is 13.2 Å². The molecule has 0 aromatic carbocycles. The lowest BCUT2D eigenvalue weighted by molar-refractivity contribution is -0.0981. The van der Waals surface area contributed by atoms with Crippen LogP contribution in [0.4, 0.5) is 13.2 Å². The zero-order valence-electron chi connectivity index (χ0n) is 6.87. The maximum absolute atomic E-state index is 12.1. The monoisotopic (exact) mass is 177 g/mol. The second-order valence-corrected chi connectivity index (χ2v) is 2.98. The van der Waals surface area contributed by atoms with Gasteiger partial charge < -0.3 is 5.32 Å². The lowest BCUT2D eigenvalue weighted by atomic mass is 10.0. The lowest BCUT2D eigenvalue weighted by Gasteiger charge is -2.24. The molecule has 0 aromatic heterocycles. The summed E-state index contributed by atoms with van der Waals surface area (Å²) in [6.07, 6.45) is -2.85. The van der Waals surface area contributed by atoms with Crippen molar-refractivity contribution in [1.82, 2.24) is 5.32 Å². The summed E-state index contributed by atoms with van der Waals surface area (Å²) in [6.45, 7) is 3.56. The summed E-state index contributed by atoms with van der Waals surface area (Å²) in [6, 6.07) is -0.178. The minimum Gasteiger partial charge on any atom is -0.372 e. The van der Waals surface area contributed by atoms with Crippen molar-refractivity contribution in [3.63, 3.8) is 0 Å². The Morgan fingerprint density at radius 2 is 2.00 bits per heavy atom. The Labute approximate surface area is 69.0 Å². The Balaban J connectivity index is 2.88. The molecule has 0 saturated carbocycles. The molecule has 0 aliphatic carbocycles. The van der Waals surface area contributed by atoms with Crippen LogP contribution in [0.3, 0.4) is 0 Å². The molecule has 0 aromatic rings. The fraction of sp³-hybridized carbons (Fsp3) is 0.625. The van der Waals surface area contributed by atoms with Crippen LogP contribution in [0.2, 0.25) is 0 Å². The standard InChI is InChI=1S/C8H10F3N/c1-5-3-4-7(8(9,10)11)12-6(5)2/h3,5-6,12H,1-2H3. The SMILES string of the molecule is CC1C=C=C(C(F)(F)F)NC1C. The van der Waals surface area contributed by atoms with E-state index < -0.39 is 11.9 Å². The van der Waals surface area contributed by atoms with E-state index in [1.165, 1.54) is 6.08 Å². The van der Waals surface area contributed by atoms with Gasteiger partial charge in [-0.3, -0.25) is 0 Å². The normalized spacial score (nSPS) is 29.6. The van der Waals surface area contributed by atoms with Gasteiger partial charge in [0.25, 0.3) is 0 Å². The van der Waals surface area contributed by atoms with Gasteiger partial charge in [-0.05, 0) is 13.0 Å². The van der Waals surface area contributed by atoms with Gasteiger partial charge in [-0.2, -0.15) is 13.2 Å². The Kier molecular flexibility index (Phi) is 2.20. The first-order valence-electron chi connectivity index (χ1n) is 3.72. The summed E-state index contributed by atoms with van der Waals surface area (Å²) >= 11 is 0. The molecular formula is C8H10F3N. The van der Waals surface area contributed by atoms with E-state index in [1.807, 2.05) is 6.92 Å². The molecule has 12 heavy (non-hydrogen) atoms. The Morgan fingerprint density at radius 3 is 2.42 bits per heavy atom. The largest absolute Gasteiger partial charge is 0.438 e. The first kappa shape index (κ1) is 9.20. The molecule has 0 saturated heterocycles. The average molecular weight is 177 g/mol. The maximum Gasteiger partial charge on any atom is 0.438 e. The van der Waals surface area contributed by atoms with Crippen LogP contribution in [0.25, 0.3) is 0 Å². The van der Waals surface area contributed by atoms with Crippen molar-refractivity contribution >= 4 is 0 Å². The summed E-state index contributed by atoms with van der Waals surface area (Å²) in [5.74, 6) is 0.0936. The zero-order valence-corrected chi connectivity index (χ0v) is 6.87. The minimum atomic E-state index is -4.30. The second-order valence-electron chi connectivity index (χ2n) is 2.98.